The molecule has 0 radical (unpaired) electrons. The van der Waals surface area contributed by atoms with Gasteiger partial charge in [-0.3, -0.25) is 0 Å². The number of rotatable bonds is 7. The van der Waals surface area contributed by atoms with Gasteiger partial charge in [-0.25, -0.2) is 4.79 Å². The number of methoxy groups -OCH3 is 1. The molecule has 1 aromatic carbocycles. The molecule has 11 heteroatoms. The number of carbonyl (C=O) groups excluding carboxylic acids is 1. The van der Waals surface area contributed by atoms with Crippen LogP contribution >= 0.6 is 11.8 Å². The fraction of sp³-hybridized carbons (Fsp3) is 0.500. The molecule has 0 bridgehead atoms. The van der Waals surface area contributed by atoms with Crippen LogP contribution in [0.2, 0.25) is 0 Å². The number of esters is 1. The molecular formula is C14H14F6O4S. The first kappa shape index (κ1) is 21.3. The van der Waals surface area contributed by atoms with Gasteiger partial charge in [0, 0.05) is 6.07 Å². The highest BCUT2D eigenvalue weighted by molar-refractivity contribution is 7.98. The van der Waals surface area contributed by atoms with Crippen molar-refractivity contribution in [3.05, 3.63) is 24.3 Å². The molecule has 0 aliphatic carbocycles. The number of carbonyl (C=O) groups is 1. The second-order valence-electron chi connectivity index (χ2n) is 4.70. The third-order valence-electron chi connectivity index (χ3n) is 2.95. The lowest BCUT2D eigenvalue weighted by atomic mass is 10.1. The SMILES string of the molecule is COc1cccc(OCC(=O)OC(CSC)(C(F)(F)F)C(F)(F)F)c1. The minimum absolute atomic E-state index is 0.0192. The summed E-state index contributed by atoms with van der Waals surface area (Å²) in [6, 6.07) is 5.64. The fourth-order valence-corrected chi connectivity index (χ4v) is 2.52. The molecule has 1 rings (SSSR count). The highest BCUT2D eigenvalue weighted by atomic mass is 32.2. The number of benzene rings is 1. The molecule has 0 aromatic heterocycles. The molecule has 0 saturated carbocycles. The van der Waals surface area contributed by atoms with E-state index in [-0.39, 0.29) is 17.5 Å². The molecule has 0 heterocycles. The molecule has 4 nitrogen and oxygen atoms in total. The Morgan fingerprint density at radius 3 is 2.12 bits per heavy atom. The van der Waals surface area contributed by atoms with E-state index >= 15 is 0 Å². The minimum atomic E-state index is -5.83. The second-order valence-corrected chi connectivity index (χ2v) is 5.56. The van der Waals surface area contributed by atoms with Crippen molar-refractivity contribution in [1.29, 1.82) is 0 Å². The smallest absolute Gasteiger partial charge is 0.438 e. The molecule has 142 valence electrons. The first-order valence-electron chi connectivity index (χ1n) is 6.58. The van der Waals surface area contributed by atoms with Gasteiger partial charge in [-0.2, -0.15) is 38.1 Å². The number of ether oxygens (including phenoxy) is 3. The van der Waals surface area contributed by atoms with Gasteiger partial charge in [-0.15, -0.1) is 0 Å². The number of thioether (sulfide) groups is 1. The topological polar surface area (TPSA) is 44.8 Å². The predicted octanol–water partition coefficient (Wildman–Crippen LogP) is 3.84. The van der Waals surface area contributed by atoms with Gasteiger partial charge in [0.15, 0.2) is 6.61 Å². The van der Waals surface area contributed by atoms with Crippen LogP contribution in [-0.2, 0) is 9.53 Å². The van der Waals surface area contributed by atoms with Crippen LogP contribution in [-0.4, -0.2) is 49.6 Å². The van der Waals surface area contributed by atoms with Crippen LogP contribution in [0.1, 0.15) is 0 Å². The third kappa shape index (κ3) is 5.10. The lowest BCUT2D eigenvalue weighted by Crippen LogP contribution is -2.61. The van der Waals surface area contributed by atoms with Crippen molar-refractivity contribution in [2.45, 2.75) is 18.0 Å². The summed E-state index contributed by atoms with van der Waals surface area (Å²) in [5.74, 6) is -2.98. The van der Waals surface area contributed by atoms with E-state index in [4.69, 9.17) is 9.47 Å². The number of halogens is 6. The summed E-state index contributed by atoms with van der Waals surface area (Å²) in [4.78, 5) is 11.6. The van der Waals surface area contributed by atoms with Gasteiger partial charge in [0.25, 0.3) is 0 Å². The van der Waals surface area contributed by atoms with Gasteiger partial charge in [-0.1, -0.05) is 6.07 Å². The Bertz CT molecular complexity index is 573. The van der Waals surface area contributed by atoms with Crippen LogP contribution in [0, 0.1) is 0 Å². The molecule has 0 aliphatic heterocycles. The molecule has 0 aliphatic rings. The van der Waals surface area contributed by atoms with Crippen LogP contribution in [0.4, 0.5) is 26.3 Å². The zero-order valence-corrected chi connectivity index (χ0v) is 13.8. The maximum atomic E-state index is 13.0. The fourth-order valence-electron chi connectivity index (χ4n) is 1.73. The van der Waals surface area contributed by atoms with Gasteiger partial charge in [0.2, 0.25) is 0 Å². The Kier molecular flexibility index (Phi) is 6.86. The van der Waals surface area contributed by atoms with Gasteiger partial charge < -0.3 is 14.2 Å². The molecule has 1 aromatic rings. The zero-order chi connectivity index (χ0) is 19.3. The largest absolute Gasteiger partial charge is 0.497 e. The molecule has 0 saturated heterocycles. The Morgan fingerprint density at radius 1 is 1.08 bits per heavy atom. The summed E-state index contributed by atoms with van der Waals surface area (Å²) in [6.45, 7) is -1.13. The molecule has 0 fully saturated rings. The highest BCUT2D eigenvalue weighted by Crippen LogP contribution is 2.47. The lowest BCUT2D eigenvalue weighted by Gasteiger charge is -2.35. The third-order valence-corrected chi connectivity index (χ3v) is 3.64. The van der Waals surface area contributed by atoms with E-state index in [1.807, 2.05) is 0 Å². The molecule has 0 atom stereocenters. The van der Waals surface area contributed by atoms with Gasteiger partial charge in [0.1, 0.15) is 11.5 Å². The quantitative estimate of drug-likeness (QED) is 0.521. The van der Waals surface area contributed by atoms with Crippen LogP contribution in [0.3, 0.4) is 0 Å². The molecule has 0 amide bonds. The van der Waals surface area contributed by atoms with Crippen molar-refractivity contribution < 1.29 is 45.3 Å². The first-order valence-corrected chi connectivity index (χ1v) is 7.97. The number of alkyl halides is 6. The molecule has 0 N–H and O–H groups in total. The van der Waals surface area contributed by atoms with E-state index < -0.39 is 36.3 Å². The monoisotopic (exact) mass is 392 g/mol. The normalized spacial score (nSPS) is 12.6. The van der Waals surface area contributed by atoms with Gasteiger partial charge in [0.05, 0.1) is 12.9 Å². The van der Waals surface area contributed by atoms with E-state index in [9.17, 15) is 31.1 Å². The van der Waals surface area contributed by atoms with Gasteiger partial charge >= 0.3 is 23.9 Å². The summed E-state index contributed by atoms with van der Waals surface area (Å²) in [7, 11) is 1.34. The Morgan fingerprint density at radius 2 is 1.64 bits per heavy atom. The average Bonchev–Trinajstić information content (AvgIpc) is 2.50. The van der Waals surface area contributed by atoms with Crippen molar-refractivity contribution in [3.8, 4) is 11.5 Å². The average molecular weight is 392 g/mol. The summed E-state index contributed by atoms with van der Waals surface area (Å²) in [5, 5.41) is 0. The summed E-state index contributed by atoms with van der Waals surface area (Å²) >= 11 is 0.249. The summed E-state index contributed by atoms with van der Waals surface area (Å²) in [6.07, 6.45) is -10.6. The molecular weight excluding hydrogens is 378 g/mol. The van der Waals surface area contributed by atoms with Crippen molar-refractivity contribution in [2.24, 2.45) is 0 Å². The summed E-state index contributed by atoms with van der Waals surface area (Å²) < 4.78 is 91.6. The number of hydrogen-bond acceptors (Lipinski definition) is 5. The van der Waals surface area contributed by atoms with Crippen molar-refractivity contribution >= 4 is 17.7 Å². The first-order chi connectivity index (χ1) is 11.5. The van der Waals surface area contributed by atoms with Crippen LogP contribution in [0.25, 0.3) is 0 Å². The predicted molar refractivity (Wildman–Crippen MR) is 77.8 cm³/mol. The standard InChI is InChI=1S/C14H14F6O4S/c1-22-9-4-3-5-10(6-9)23-7-11(21)24-12(8-25-2,13(15,16)17)14(18,19)20/h3-6H,7-8H2,1-2H3. The highest BCUT2D eigenvalue weighted by Gasteiger charge is 2.74. The van der Waals surface area contributed by atoms with Crippen LogP contribution < -0.4 is 9.47 Å². The van der Waals surface area contributed by atoms with Crippen molar-refractivity contribution in [3.63, 3.8) is 0 Å². The van der Waals surface area contributed by atoms with E-state index in [1.54, 1.807) is 0 Å². The summed E-state index contributed by atoms with van der Waals surface area (Å²) in [5.41, 5.74) is -4.60. The molecule has 25 heavy (non-hydrogen) atoms. The molecule has 0 spiro atoms. The van der Waals surface area contributed by atoms with Crippen molar-refractivity contribution in [1.82, 2.24) is 0 Å². The maximum Gasteiger partial charge on any atom is 0.438 e. The van der Waals surface area contributed by atoms with Gasteiger partial charge in [-0.05, 0) is 18.4 Å². The Labute approximate surface area is 143 Å². The minimum Gasteiger partial charge on any atom is -0.497 e. The number of hydrogen-bond donors (Lipinski definition) is 0. The van der Waals surface area contributed by atoms with Crippen molar-refractivity contribution in [2.75, 3.05) is 25.7 Å². The second kappa shape index (κ2) is 8.07. The maximum absolute atomic E-state index is 13.0. The van der Waals surface area contributed by atoms with E-state index in [1.165, 1.54) is 31.4 Å². The Hall–Kier alpha value is -1.78. The molecule has 0 unspecified atom stereocenters. The van der Waals surface area contributed by atoms with Crippen LogP contribution in [0.5, 0.6) is 11.5 Å². The zero-order valence-electron chi connectivity index (χ0n) is 13.0. The van der Waals surface area contributed by atoms with E-state index in [0.29, 0.717) is 5.75 Å². The van der Waals surface area contributed by atoms with E-state index in [2.05, 4.69) is 4.74 Å². The lowest BCUT2D eigenvalue weighted by molar-refractivity contribution is -0.360. The van der Waals surface area contributed by atoms with Crippen LogP contribution in [0.15, 0.2) is 24.3 Å². The van der Waals surface area contributed by atoms with E-state index in [0.717, 1.165) is 6.26 Å². The Balaban J connectivity index is 2.91.